The van der Waals surface area contributed by atoms with E-state index in [9.17, 15) is 0 Å². The Morgan fingerprint density at radius 1 is 0.944 bits per heavy atom. The lowest BCUT2D eigenvalue weighted by atomic mass is 9.92. The average molecular weight is 305 g/mol. The second-order valence-corrected chi connectivity index (χ2v) is 5.40. The first-order chi connectivity index (χ1) is 8.70. The lowest BCUT2D eigenvalue weighted by Gasteiger charge is -2.13. The molecule has 1 N–H and O–H groups in total. The average Bonchev–Trinajstić information content (AvgIpc) is 2.40. The highest BCUT2D eigenvalue weighted by Gasteiger charge is 2.07. The number of hydrogen-bond acceptors (Lipinski definition) is 1. The monoisotopic (exact) mass is 304 g/mol. The summed E-state index contributed by atoms with van der Waals surface area (Å²) in [5.41, 5.74) is 3.80. The standard InChI is InChI=1S/C16H17BrO/c1-12(15-6-8-16(17)9-7-15)14-4-2-13(3-5-14)10-11-18/h2-9,12,18H,10-11H2,1H3/t12-/m0/s1. The minimum atomic E-state index is 0.210. The molecule has 0 spiro atoms. The Balaban J connectivity index is 2.17. The first-order valence-electron chi connectivity index (χ1n) is 6.16. The zero-order valence-electron chi connectivity index (χ0n) is 10.4. The van der Waals surface area contributed by atoms with Crippen molar-refractivity contribution in [1.29, 1.82) is 0 Å². The fourth-order valence-electron chi connectivity index (χ4n) is 2.05. The van der Waals surface area contributed by atoms with Crippen molar-refractivity contribution in [1.82, 2.24) is 0 Å². The molecule has 2 rings (SSSR count). The number of hydrogen-bond donors (Lipinski definition) is 1. The second kappa shape index (κ2) is 6.17. The summed E-state index contributed by atoms with van der Waals surface area (Å²) >= 11 is 3.45. The highest BCUT2D eigenvalue weighted by atomic mass is 79.9. The van der Waals surface area contributed by atoms with Crippen molar-refractivity contribution in [3.05, 3.63) is 69.7 Å². The number of aliphatic hydroxyl groups is 1. The van der Waals surface area contributed by atoms with Crippen LogP contribution >= 0.6 is 15.9 Å². The molecule has 0 aromatic heterocycles. The van der Waals surface area contributed by atoms with Gasteiger partial charge >= 0.3 is 0 Å². The summed E-state index contributed by atoms with van der Waals surface area (Å²) in [4.78, 5) is 0. The fraction of sp³-hybridized carbons (Fsp3) is 0.250. The second-order valence-electron chi connectivity index (χ2n) is 4.49. The normalized spacial score (nSPS) is 12.4. The van der Waals surface area contributed by atoms with Gasteiger partial charge in [-0.1, -0.05) is 59.3 Å². The van der Waals surface area contributed by atoms with E-state index in [1.54, 1.807) is 0 Å². The molecule has 94 valence electrons. The predicted molar refractivity (Wildman–Crippen MR) is 78.9 cm³/mol. The Bertz CT molecular complexity index is 488. The number of aliphatic hydroxyl groups excluding tert-OH is 1. The maximum atomic E-state index is 8.90. The number of halogens is 1. The molecular formula is C16H17BrO. The molecule has 18 heavy (non-hydrogen) atoms. The Kier molecular flexibility index (Phi) is 4.56. The van der Waals surface area contributed by atoms with E-state index in [1.165, 1.54) is 16.7 Å². The van der Waals surface area contributed by atoms with E-state index in [0.717, 1.165) is 10.9 Å². The van der Waals surface area contributed by atoms with Gasteiger partial charge in [0, 0.05) is 17.0 Å². The summed E-state index contributed by atoms with van der Waals surface area (Å²) in [6.07, 6.45) is 0.729. The molecule has 2 aromatic carbocycles. The lowest BCUT2D eigenvalue weighted by Crippen LogP contribution is -1.97. The van der Waals surface area contributed by atoms with Crippen LogP contribution in [0.1, 0.15) is 29.5 Å². The predicted octanol–water partition coefficient (Wildman–Crippen LogP) is 4.14. The zero-order chi connectivity index (χ0) is 13.0. The first kappa shape index (κ1) is 13.3. The molecule has 1 atom stereocenters. The van der Waals surface area contributed by atoms with Gasteiger partial charge in [0.2, 0.25) is 0 Å². The maximum Gasteiger partial charge on any atom is 0.0471 e. The van der Waals surface area contributed by atoms with Crippen LogP contribution in [-0.4, -0.2) is 11.7 Å². The van der Waals surface area contributed by atoms with Gasteiger partial charge in [-0.05, 0) is 35.2 Å². The summed E-state index contributed by atoms with van der Waals surface area (Å²) < 4.78 is 1.11. The molecule has 0 saturated heterocycles. The van der Waals surface area contributed by atoms with Crippen molar-refractivity contribution in [2.75, 3.05) is 6.61 Å². The zero-order valence-corrected chi connectivity index (χ0v) is 12.0. The van der Waals surface area contributed by atoms with Crippen LogP contribution in [-0.2, 0) is 6.42 Å². The highest BCUT2D eigenvalue weighted by molar-refractivity contribution is 9.10. The van der Waals surface area contributed by atoms with Crippen LogP contribution in [0.5, 0.6) is 0 Å². The van der Waals surface area contributed by atoms with Gasteiger partial charge in [-0.2, -0.15) is 0 Å². The van der Waals surface area contributed by atoms with E-state index in [4.69, 9.17) is 5.11 Å². The summed E-state index contributed by atoms with van der Waals surface area (Å²) in [6, 6.07) is 16.9. The van der Waals surface area contributed by atoms with Crippen molar-refractivity contribution < 1.29 is 5.11 Å². The van der Waals surface area contributed by atoms with Crippen LogP contribution in [0.3, 0.4) is 0 Å². The smallest absolute Gasteiger partial charge is 0.0471 e. The largest absolute Gasteiger partial charge is 0.396 e. The molecule has 2 aromatic rings. The van der Waals surface area contributed by atoms with Crippen LogP contribution in [0.4, 0.5) is 0 Å². The number of rotatable bonds is 4. The van der Waals surface area contributed by atoms with E-state index in [0.29, 0.717) is 5.92 Å². The fourth-order valence-corrected chi connectivity index (χ4v) is 2.31. The van der Waals surface area contributed by atoms with Crippen molar-refractivity contribution in [3.8, 4) is 0 Å². The van der Waals surface area contributed by atoms with Gasteiger partial charge in [-0.15, -0.1) is 0 Å². The molecule has 0 saturated carbocycles. The van der Waals surface area contributed by atoms with Crippen molar-refractivity contribution in [2.24, 2.45) is 0 Å². The van der Waals surface area contributed by atoms with Gasteiger partial charge in [0.15, 0.2) is 0 Å². The van der Waals surface area contributed by atoms with Crippen LogP contribution in [0.25, 0.3) is 0 Å². The van der Waals surface area contributed by atoms with Crippen LogP contribution < -0.4 is 0 Å². The molecule has 0 bridgehead atoms. The molecule has 0 fully saturated rings. The quantitative estimate of drug-likeness (QED) is 0.900. The highest BCUT2D eigenvalue weighted by Crippen LogP contribution is 2.25. The van der Waals surface area contributed by atoms with E-state index in [1.807, 2.05) is 0 Å². The van der Waals surface area contributed by atoms with Gasteiger partial charge in [0.05, 0.1) is 0 Å². The molecule has 1 nitrogen and oxygen atoms in total. The molecule has 0 heterocycles. The minimum absolute atomic E-state index is 0.210. The van der Waals surface area contributed by atoms with Crippen LogP contribution in [0, 0.1) is 0 Å². The van der Waals surface area contributed by atoms with E-state index >= 15 is 0 Å². The Labute approximate surface area is 117 Å². The van der Waals surface area contributed by atoms with Crippen molar-refractivity contribution in [3.63, 3.8) is 0 Å². The van der Waals surface area contributed by atoms with Gasteiger partial charge < -0.3 is 5.11 Å². The lowest BCUT2D eigenvalue weighted by molar-refractivity contribution is 0.299. The van der Waals surface area contributed by atoms with Crippen LogP contribution in [0.2, 0.25) is 0 Å². The summed E-state index contributed by atoms with van der Waals surface area (Å²) in [7, 11) is 0. The van der Waals surface area contributed by atoms with E-state index in [-0.39, 0.29) is 6.61 Å². The summed E-state index contributed by atoms with van der Waals surface area (Å²) in [5.74, 6) is 0.390. The Hall–Kier alpha value is -1.12. The Morgan fingerprint density at radius 2 is 1.44 bits per heavy atom. The SMILES string of the molecule is C[C@H](c1ccc(Br)cc1)c1ccc(CCO)cc1. The topological polar surface area (TPSA) is 20.2 Å². The van der Waals surface area contributed by atoms with Gasteiger partial charge in [0.1, 0.15) is 0 Å². The molecule has 0 radical (unpaired) electrons. The molecule has 0 aliphatic carbocycles. The molecule has 0 amide bonds. The van der Waals surface area contributed by atoms with Crippen molar-refractivity contribution in [2.45, 2.75) is 19.3 Å². The Morgan fingerprint density at radius 3 is 1.94 bits per heavy atom. The molecule has 2 heteroatoms. The summed E-state index contributed by atoms with van der Waals surface area (Å²) in [6.45, 7) is 2.42. The molecular weight excluding hydrogens is 288 g/mol. The maximum absolute atomic E-state index is 8.90. The van der Waals surface area contributed by atoms with Gasteiger partial charge in [-0.3, -0.25) is 0 Å². The first-order valence-corrected chi connectivity index (χ1v) is 6.95. The minimum Gasteiger partial charge on any atom is -0.396 e. The van der Waals surface area contributed by atoms with Crippen LogP contribution in [0.15, 0.2) is 53.0 Å². The third-order valence-corrected chi connectivity index (χ3v) is 3.78. The number of benzene rings is 2. The molecule has 0 aliphatic heterocycles. The van der Waals surface area contributed by atoms with E-state index in [2.05, 4.69) is 71.4 Å². The van der Waals surface area contributed by atoms with Crippen molar-refractivity contribution >= 4 is 15.9 Å². The molecule has 0 aliphatic rings. The van der Waals surface area contributed by atoms with Gasteiger partial charge in [0.25, 0.3) is 0 Å². The third kappa shape index (κ3) is 3.21. The van der Waals surface area contributed by atoms with Gasteiger partial charge in [-0.25, -0.2) is 0 Å². The summed E-state index contributed by atoms with van der Waals surface area (Å²) in [5, 5.41) is 8.90. The van der Waals surface area contributed by atoms with E-state index < -0.39 is 0 Å². The third-order valence-electron chi connectivity index (χ3n) is 3.25. The molecule has 0 unspecified atom stereocenters.